The summed E-state index contributed by atoms with van der Waals surface area (Å²) in [5.74, 6) is -0.598. The molecule has 0 aromatic carbocycles. The summed E-state index contributed by atoms with van der Waals surface area (Å²) >= 11 is 0. The van der Waals surface area contributed by atoms with E-state index in [0.29, 0.717) is 46.1 Å². The fraction of sp³-hybridized carbons (Fsp3) is 0.875. The summed E-state index contributed by atoms with van der Waals surface area (Å²) < 4.78 is 20.8. The third-order valence-electron chi connectivity index (χ3n) is 2.42. The maximum atomic E-state index is 10.2. The molecule has 0 aliphatic carbocycles. The second-order valence-electron chi connectivity index (χ2n) is 4.65. The van der Waals surface area contributed by atoms with E-state index in [2.05, 4.69) is 6.92 Å². The second-order valence-corrected chi connectivity index (χ2v) is 4.65. The predicted octanol–water partition coefficient (Wildman–Crippen LogP) is 1.92. The van der Waals surface area contributed by atoms with Crippen molar-refractivity contribution in [2.75, 3.05) is 52.9 Å². The summed E-state index contributed by atoms with van der Waals surface area (Å²) in [6, 6.07) is 0. The number of ether oxygens (including phenoxy) is 4. The van der Waals surface area contributed by atoms with Gasteiger partial charge in [-0.05, 0) is 13.3 Å². The van der Waals surface area contributed by atoms with Gasteiger partial charge in [0.1, 0.15) is 5.78 Å². The normalized spacial score (nSPS) is 10.0. The van der Waals surface area contributed by atoms with Gasteiger partial charge in [0, 0.05) is 13.0 Å². The first-order chi connectivity index (χ1) is 11.0. The van der Waals surface area contributed by atoms with Crippen molar-refractivity contribution in [3.05, 3.63) is 0 Å². The number of hydrogen-bond acceptors (Lipinski definition) is 6. The zero-order valence-electron chi connectivity index (χ0n) is 14.7. The fourth-order valence-corrected chi connectivity index (χ4v) is 1.07. The van der Waals surface area contributed by atoms with Crippen molar-refractivity contribution in [3.63, 3.8) is 0 Å². The number of ketones is 1. The Balaban J connectivity index is 0. The molecule has 1 N–H and O–H groups in total. The van der Waals surface area contributed by atoms with Crippen molar-refractivity contribution < 1.29 is 33.6 Å². The highest BCUT2D eigenvalue weighted by Crippen LogP contribution is 1.85. The van der Waals surface area contributed by atoms with Gasteiger partial charge in [0.2, 0.25) is 0 Å². The van der Waals surface area contributed by atoms with Crippen LogP contribution in [0.2, 0.25) is 0 Å². The summed E-state index contributed by atoms with van der Waals surface area (Å²) in [6.45, 7) is 9.60. The highest BCUT2D eigenvalue weighted by molar-refractivity contribution is 5.74. The second kappa shape index (κ2) is 21.0. The maximum absolute atomic E-state index is 10.2. The van der Waals surface area contributed by atoms with Crippen LogP contribution in [0.15, 0.2) is 0 Å². The van der Waals surface area contributed by atoms with E-state index in [4.69, 9.17) is 24.1 Å². The lowest BCUT2D eigenvalue weighted by Gasteiger charge is -2.06. The van der Waals surface area contributed by atoms with E-state index >= 15 is 0 Å². The third kappa shape index (κ3) is 29.6. The molecule has 0 aliphatic rings. The van der Waals surface area contributed by atoms with Crippen molar-refractivity contribution >= 4 is 11.8 Å². The highest BCUT2D eigenvalue weighted by Gasteiger charge is 1.96. The number of carboxylic acids is 1. The number of Topliss-reactive ketones (excluding diaryl/α,β-unsaturated/α-hetero) is 1. The Morgan fingerprint density at radius 3 is 1.39 bits per heavy atom. The molecule has 0 amide bonds. The van der Waals surface area contributed by atoms with E-state index < -0.39 is 5.97 Å². The van der Waals surface area contributed by atoms with Crippen LogP contribution in [0, 0.1) is 0 Å². The zero-order chi connectivity index (χ0) is 17.8. The number of carboxylic acid groups (broad SMARTS) is 1. The standard InChI is InChI=1S/C12H24O6.C4H8O/c1-2-4-15-6-8-17-10-11-18-9-7-16-5-3-12(13)14;1-3-4(2)5/h2-11H2,1H3,(H,13,14);3H2,1-2H3. The Kier molecular flexibility index (Phi) is 22.1. The van der Waals surface area contributed by atoms with E-state index in [1.165, 1.54) is 0 Å². The van der Waals surface area contributed by atoms with Gasteiger partial charge in [-0.1, -0.05) is 13.8 Å². The fourth-order valence-electron chi connectivity index (χ4n) is 1.07. The molecule has 0 fully saturated rings. The van der Waals surface area contributed by atoms with Crippen LogP contribution in [0.3, 0.4) is 0 Å². The van der Waals surface area contributed by atoms with E-state index in [1.807, 2.05) is 6.92 Å². The minimum atomic E-state index is -0.852. The topological polar surface area (TPSA) is 91.3 Å². The Labute approximate surface area is 139 Å². The van der Waals surface area contributed by atoms with E-state index in [-0.39, 0.29) is 18.8 Å². The molecule has 0 heterocycles. The van der Waals surface area contributed by atoms with Crippen LogP contribution < -0.4 is 0 Å². The smallest absolute Gasteiger partial charge is 0.305 e. The number of aliphatic carboxylic acids is 1. The monoisotopic (exact) mass is 336 g/mol. The van der Waals surface area contributed by atoms with Gasteiger partial charge < -0.3 is 28.8 Å². The summed E-state index contributed by atoms with van der Waals surface area (Å²) in [7, 11) is 0. The molecule has 0 radical (unpaired) electrons. The Morgan fingerprint density at radius 1 is 0.739 bits per heavy atom. The van der Waals surface area contributed by atoms with Gasteiger partial charge >= 0.3 is 5.97 Å². The lowest BCUT2D eigenvalue weighted by atomic mass is 10.4. The molecule has 0 aromatic rings. The molecule has 0 unspecified atom stereocenters. The molecule has 0 saturated heterocycles. The van der Waals surface area contributed by atoms with Gasteiger partial charge in [-0.3, -0.25) is 4.79 Å². The Morgan fingerprint density at radius 2 is 1.09 bits per heavy atom. The highest BCUT2D eigenvalue weighted by atomic mass is 16.6. The molecule has 7 nitrogen and oxygen atoms in total. The molecule has 0 aliphatic heterocycles. The van der Waals surface area contributed by atoms with Gasteiger partial charge in [-0.2, -0.15) is 0 Å². The summed E-state index contributed by atoms with van der Waals surface area (Å²) in [5.41, 5.74) is 0. The molecule has 0 aromatic heterocycles. The SMILES string of the molecule is CCC(C)=O.CCCOCCOCCOCCOCCC(=O)O. The predicted molar refractivity (Wildman–Crippen MR) is 86.8 cm³/mol. The zero-order valence-corrected chi connectivity index (χ0v) is 14.7. The van der Waals surface area contributed by atoms with Crippen LogP contribution in [0.1, 0.15) is 40.0 Å². The summed E-state index contributed by atoms with van der Waals surface area (Å²) in [6.07, 6.45) is 1.71. The van der Waals surface area contributed by atoms with Gasteiger partial charge in [0.25, 0.3) is 0 Å². The number of carbonyl (C=O) groups is 2. The third-order valence-corrected chi connectivity index (χ3v) is 2.42. The van der Waals surface area contributed by atoms with Crippen LogP contribution in [0.4, 0.5) is 0 Å². The van der Waals surface area contributed by atoms with Crippen LogP contribution in [0.25, 0.3) is 0 Å². The Bertz CT molecular complexity index is 269. The first kappa shape index (κ1) is 24.2. The van der Waals surface area contributed by atoms with Gasteiger partial charge in [-0.15, -0.1) is 0 Å². The lowest BCUT2D eigenvalue weighted by molar-refractivity contribution is -0.138. The van der Waals surface area contributed by atoms with Crippen molar-refractivity contribution in [3.8, 4) is 0 Å². The first-order valence-electron chi connectivity index (χ1n) is 8.06. The average Bonchev–Trinajstić information content (AvgIpc) is 2.52. The maximum Gasteiger partial charge on any atom is 0.305 e. The molecule has 138 valence electrons. The minimum Gasteiger partial charge on any atom is -0.481 e. The molecular formula is C16H32O7. The summed E-state index contributed by atoms with van der Waals surface area (Å²) in [4.78, 5) is 20.0. The molecule has 7 heteroatoms. The lowest BCUT2D eigenvalue weighted by Crippen LogP contribution is -2.12. The molecule has 23 heavy (non-hydrogen) atoms. The molecule has 0 saturated carbocycles. The minimum absolute atomic E-state index is 0.0286. The largest absolute Gasteiger partial charge is 0.481 e. The van der Waals surface area contributed by atoms with Crippen LogP contribution >= 0.6 is 0 Å². The summed E-state index contributed by atoms with van der Waals surface area (Å²) in [5, 5.41) is 8.35. The van der Waals surface area contributed by atoms with Crippen LogP contribution in [-0.2, 0) is 28.5 Å². The number of rotatable bonds is 15. The van der Waals surface area contributed by atoms with Crippen LogP contribution in [-0.4, -0.2) is 69.7 Å². The quantitative estimate of drug-likeness (QED) is 0.457. The van der Waals surface area contributed by atoms with E-state index in [1.54, 1.807) is 6.92 Å². The molecule has 0 spiro atoms. The molecule has 0 rings (SSSR count). The van der Waals surface area contributed by atoms with Crippen molar-refractivity contribution in [2.45, 2.75) is 40.0 Å². The number of hydrogen-bond donors (Lipinski definition) is 1. The molecule has 0 atom stereocenters. The first-order valence-corrected chi connectivity index (χ1v) is 8.06. The van der Waals surface area contributed by atoms with Crippen molar-refractivity contribution in [1.29, 1.82) is 0 Å². The van der Waals surface area contributed by atoms with Gasteiger partial charge in [-0.25, -0.2) is 0 Å². The van der Waals surface area contributed by atoms with E-state index in [0.717, 1.165) is 13.0 Å². The average molecular weight is 336 g/mol. The number of carbonyl (C=O) groups excluding carboxylic acids is 1. The molecule has 0 bridgehead atoms. The molecular weight excluding hydrogens is 304 g/mol. The van der Waals surface area contributed by atoms with E-state index in [9.17, 15) is 9.59 Å². The Hall–Kier alpha value is -1.02. The van der Waals surface area contributed by atoms with Gasteiger partial charge in [0.15, 0.2) is 0 Å². The van der Waals surface area contributed by atoms with Crippen molar-refractivity contribution in [1.82, 2.24) is 0 Å². The van der Waals surface area contributed by atoms with Crippen molar-refractivity contribution in [2.24, 2.45) is 0 Å². The van der Waals surface area contributed by atoms with Crippen LogP contribution in [0.5, 0.6) is 0 Å². The van der Waals surface area contributed by atoms with Gasteiger partial charge in [0.05, 0.1) is 52.7 Å².